The zero-order valence-corrected chi connectivity index (χ0v) is 10.0. The van der Waals surface area contributed by atoms with E-state index in [1.165, 1.54) is 18.5 Å². The lowest BCUT2D eigenvalue weighted by molar-refractivity contribution is 0.0697. The molecule has 0 radical (unpaired) electrons. The molecule has 0 saturated carbocycles. The number of aromatic carboxylic acids is 1. The summed E-state index contributed by atoms with van der Waals surface area (Å²) in [5.41, 5.74) is 1.23. The Labute approximate surface area is 108 Å². The van der Waals surface area contributed by atoms with E-state index >= 15 is 0 Å². The second-order valence-corrected chi connectivity index (χ2v) is 4.19. The number of carboxylic acids is 1. The molecule has 2 rings (SSSR count). The number of halogens is 2. The molecule has 17 heavy (non-hydrogen) atoms. The SMILES string of the molecule is O=C(O)c1ccncc1-c1ccc(Cl)cc1Cl. The fourth-order valence-corrected chi connectivity index (χ4v) is 2.01. The van der Waals surface area contributed by atoms with Crippen LogP contribution in [-0.4, -0.2) is 16.1 Å². The first-order valence-corrected chi connectivity index (χ1v) is 5.48. The molecular weight excluding hydrogens is 261 g/mol. The molecule has 86 valence electrons. The lowest BCUT2D eigenvalue weighted by atomic mass is 10.0. The van der Waals surface area contributed by atoms with Crippen LogP contribution < -0.4 is 0 Å². The van der Waals surface area contributed by atoms with E-state index in [1.54, 1.807) is 18.2 Å². The van der Waals surface area contributed by atoms with Crippen molar-refractivity contribution in [3.63, 3.8) is 0 Å². The molecule has 0 bridgehead atoms. The number of pyridine rings is 1. The fraction of sp³-hybridized carbons (Fsp3) is 0. The van der Waals surface area contributed by atoms with Crippen molar-refractivity contribution in [1.82, 2.24) is 4.98 Å². The zero-order valence-electron chi connectivity index (χ0n) is 8.52. The molecule has 0 aliphatic heterocycles. The number of nitrogens with zero attached hydrogens (tertiary/aromatic N) is 1. The number of hydrogen-bond acceptors (Lipinski definition) is 2. The van der Waals surface area contributed by atoms with Gasteiger partial charge in [-0.1, -0.05) is 29.3 Å². The van der Waals surface area contributed by atoms with Crippen molar-refractivity contribution in [2.75, 3.05) is 0 Å². The van der Waals surface area contributed by atoms with Crippen LogP contribution in [0.4, 0.5) is 0 Å². The summed E-state index contributed by atoms with van der Waals surface area (Å²) < 4.78 is 0. The highest BCUT2D eigenvalue weighted by atomic mass is 35.5. The zero-order chi connectivity index (χ0) is 12.4. The van der Waals surface area contributed by atoms with Gasteiger partial charge in [0.1, 0.15) is 0 Å². The van der Waals surface area contributed by atoms with Crippen molar-refractivity contribution in [3.05, 3.63) is 52.3 Å². The Balaban J connectivity index is 2.64. The molecule has 3 nitrogen and oxygen atoms in total. The van der Waals surface area contributed by atoms with E-state index < -0.39 is 5.97 Å². The van der Waals surface area contributed by atoms with Crippen LogP contribution in [0.5, 0.6) is 0 Å². The fourth-order valence-electron chi connectivity index (χ4n) is 1.50. The summed E-state index contributed by atoms with van der Waals surface area (Å²) in [6.45, 7) is 0. The van der Waals surface area contributed by atoms with Crippen LogP contribution in [0.15, 0.2) is 36.7 Å². The second kappa shape index (κ2) is 4.73. The maximum atomic E-state index is 11.1. The van der Waals surface area contributed by atoms with Crippen molar-refractivity contribution >= 4 is 29.2 Å². The van der Waals surface area contributed by atoms with Crippen LogP contribution in [0.3, 0.4) is 0 Å². The molecule has 0 atom stereocenters. The predicted octanol–water partition coefficient (Wildman–Crippen LogP) is 3.75. The van der Waals surface area contributed by atoms with E-state index in [0.29, 0.717) is 21.2 Å². The van der Waals surface area contributed by atoms with Gasteiger partial charge in [0.05, 0.1) is 5.56 Å². The molecule has 0 fully saturated rings. The molecule has 0 unspecified atom stereocenters. The molecule has 1 aromatic heterocycles. The van der Waals surface area contributed by atoms with E-state index in [4.69, 9.17) is 28.3 Å². The van der Waals surface area contributed by atoms with Crippen LogP contribution in [0.25, 0.3) is 11.1 Å². The van der Waals surface area contributed by atoms with Crippen molar-refractivity contribution in [2.45, 2.75) is 0 Å². The van der Waals surface area contributed by atoms with Gasteiger partial charge < -0.3 is 5.11 Å². The minimum absolute atomic E-state index is 0.157. The summed E-state index contributed by atoms with van der Waals surface area (Å²) in [5.74, 6) is -1.02. The standard InChI is InChI=1S/C12H7Cl2NO2/c13-7-1-2-8(11(14)5-7)10-6-15-4-3-9(10)12(16)17/h1-6H,(H,16,17). The van der Waals surface area contributed by atoms with Crippen LogP contribution in [0.1, 0.15) is 10.4 Å². The largest absolute Gasteiger partial charge is 0.478 e. The van der Waals surface area contributed by atoms with E-state index in [-0.39, 0.29) is 5.56 Å². The highest BCUT2D eigenvalue weighted by molar-refractivity contribution is 6.36. The first kappa shape index (κ1) is 11.9. The number of aromatic nitrogens is 1. The summed E-state index contributed by atoms with van der Waals surface area (Å²) in [4.78, 5) is 15.0. The number of carboxylic acid groups (broad SMARTS) is 1. The first-order chi connectivity index (χ1) is 8.09. The number of rotatable bonds is 2. The Morgan fingerprint density at radius 3 is 2.59 bits per heavy atom. The minimum Gasteiger partial charge on any atom is -0.478 e. The number of benzene rings is 1. The first-order valence-electron chi connectivity index (χ1n) is 4.72. The topological polar surface area (TPSA) is 50.2 Å². The maximum absolute atomic E-state index is 11.1. The van der Waals surface area contributed by atoms with Crippen LogP contribution >= 0.6 is 23.2 Å². The van der Waals surface area contributed by atoms with Gasteiger partial charge in [-0.2, -0.15) is 0 Å². The maximum Gasteiger partial charge on any atom is 0.336 e. The molecule has 0 aliphatic carbocycles. The molecule has 0 amide bonds. The van der Waals surface area contributed by atoms with E-state index in [0.717, 1.165) is 0 Å². The van der Waals surface area contributed by atoms with Crippen LogP contribution in [-0.2, 0) is 0 Å². The summed E-state index contributed by atoms with van der Waals surface area (Å²) in [7, 11) is 0. The van der Waals surface area contributed by atoms with Gasteiger partial charge in [-0.05, 0) is 18.2 Å². The Hall–Kier alpha value is -1.58. The van der Waals surface area contributed by atoms with Gasteiger partial charge >= 0.3 is 5.97 Å². The molecule has 1 heterocycles. The van der Waals surface area contributed by atoms with Gasteiger partial charge in [-0.15, -0.1) is 0 Å². The Bertz CT molecular complexity index is 584. The lowest BCUT2D eigenvalue weighted by Gasteiger charge is -2.07. The quantitative estimate of drug-likeness (QED) is 0.902. The average molecular weight is 268 g/mol. The van der Waals surface area contributed by atoms with Crippen molar-refractivity contribution < 1.29 is 9.90 Å². The summed E-state index contributed by atoms with van der Waals surface area (Å²) in [6, 6.07) is 6.33. The lowest BCUT2D eigenvalue weighted by Crippen LogP contribution is -2.00. The van der Waals surface area contributed by atoms with Crippen molar-refractivity contribution in [3.8, 4) is 11.1 Å². The Morgan fingerprint density at radius 2 is 1.94 bits per heavy atom. The van der Waals surface area contributed by atoms with Gasteiger partial charge in [0.15, 0.2) is 0 Å². The molecule has 1 aromatic carbocycles. The van der Waals surface area contributed by atoms with Gasteiger partial charge in [-0.25, -0.2) is 4.79 Å². The second-order valence-electron chi connectivity index (χ2n) is 3.35. The third-order valence-electron chi connectivity index (χ3n) is 2.27. The molecular formula is C12H7Cl2NO2. The van der Waals surface area contributed by atoms with Crippen LogP contribution in [0.2, 0.25) is 10.0 Å². The van der Waals surface area contributed by atoms with E-state index in [9.17, 15) is 4.79 Å². The normalized spacial score (nSPS) is 10.2. The molecule has 0 saturated heterocycles. The van der Waals surface area contributed by atoms with Gasteiger partial charge in [0.2, 0.25) is 0 Å². The molecule has 5 heteroatoms. The predicted molar refractivity (Wildman–Crippen MR) is 66.7 cm³/mol. The summed E-state index contributed by atoms with van der Waals surface area (Å²) in [5, 5.41) is 9.97. The average Bonchev–Trinajstić information content (AvgIpc) is 2.29. The summed E-state index contributed by atoms with van der Waals surface area (Å²) >= 11 is 11.8. The van der Waals surface area contributed by atoms with Crippen molar-refractivity contribution in [1.29, 1.82) is 0 Å². The van der Waals surface area contributed by atoms with Gasteiger partial charge in [-0.3, -0.25) is 4.98 Å². The highest BCUT2D eigenvalue weighted by Gasteiger charge is 2.13. The third-order valence-corrected chi connectivity index (χ3v) is 2.82. The van der Waals surface area contributed by atoms with Gasteiger partial charge in [0, 0.05) is 33.6 Å². The molecule has 2 aromatic rings. The van der Waals surface area contributed by atoms with Crippen LogP contribution in [0, 0.1) is 0 Å². The smallest absolute Gasteiger partial charge is 0.336 e. The Morgan fingerprint density at radius 1 is 1.18 bits per heavy atom. The molecule has 1 N–H and O–H groups in total. The monoisotopic (exact) mass is 267 g/mol. The molecule has 0 aliphatic rings. The number of carbonyl (C=O) groups is 1. The third kappa shape index (κ3) is 2.40. The Kier molecular flexibility index (Phi) is 3.31. The molecule has 0 spiro atoms. The van der Waals surface area contributed by atoms with Gasteiger partial charge in [0.25, 0.3) is 0 Å². The van der Waals surface area contributed by atoms with Crippen molar-refractivity contribution in [2.24, 2.45) is 0 Å². The van der Waals surface area contributed by atoms with E-state index in [1.807, 2.05) is 0 Å². The summed E-state index contributed by atoms with van der Waals surface area (Å²) in [6.07, 6.45) is 2.90. The minimum atomic E-state index is -1.02. The van der Waals surface area contributed by atoms with E-state index in [2.05, 4.69) is 4.98 Å². The highest BCUT2D eigenvalue weighted by Crippen LogP contribution is 2.31. The number of hydrogen-bond donors (Lipinski definition) is 1.